The van der Waals surface area contributed by atoms with Crippen LogP contribution >= 0.6 is 11.8 Å². The van der Waals surface area contributed by atoms with E-state index >= 15 is 0 Å². The van der Waals surface area contributed by atoms with E-state index in [1.54, 1.807) is 0 Å². The molecule has 0 saturated heterocycles. The van der Waals surface area contributed by atoms with Crippen molar-refractivity contribution in [1.82, 2.24) is 5.43 Å². The van der Waals surface area contributed by atoms with Crippen LogP contribution < -0.4 is 10.7 Å². The van der Waals surface area contributed by atoms with E-state index in [1.807, 2.05) is 37.3 Å². The quantitative estimate of drug-likeness (QED) is 0.204. The molecule has 0 saturated carbocycles. The van der Waals surface area contributed by atoms with Gasteiger partial charge in [0, 0.05) is 16.5 Å². The monoisotopic (exact) mass is 453 g/mol. The number of nitrogens with one attached hydrogen (secondary N) is 2. The van der Waals surface area contributed by atoms with E-state index in [9.17, 15) is 4.79 Å². The fraction of sp³-hybridized carbons (Fsp3) is 0.214. The summed E-state index contributed by atoms with van der Waals surface area (Å²) in [4.78, 5) is 13.3. The van der Waals surface area contributed by atoms with Crippen LogP contribution in [0, 0.1) is 5.92 Å². The Kier molecular flexibility index (Phi) is 6.31. The van der Waals surface area contributed by atoms with E-state index in [0.29, 0.717) is 23.6 Å². The van der Waals surface area contributed by atoms with Crippen molar-refractivity contribution in [3.05, 3.63) is 108 Å². The van der Waals surface area contributed by atoms with Gasteiger partial charge in [0.1, 0.15) is 0 Å². The number of nitrogens with zero attached hydrogens (tertiary/aromatic N) is 1. The second-order valence-electron chi connectivity index (χ2n) is 8.52. The molecule has 0 fully saturated rings. The van der Waals surface area contributed by atoms with Crippen molar-refractivity contribution in [2.75, 3.05) is 11.1 Å². The van der Waals surface area contributed by atoms with Gasteiger partial charge in [0.2, 0.25) is 5.91 Å². The molecular weight excluding hydrogens is 426 g/mol. The van der Waals surface area contributed by atoms with Crippen LogP contribution in [0.3, 0.4) is 0 Å². The number of fused-ring (bicyclic) bond motifs is 3. The maximum atomic E-state index is 12.2. The van der Waals surface area contributed by atoms with Crippen LogP contribution in [0.2, 0.25) is 0 Å². The molecule has 2 N–H and O–H groups in total. The van der Waals surface area contributed by atoms with E-state index in [0.717, 1.165) is 22.6 Å². The molecule has 0 spiro atoms. The number of allylic oxidation sites excluding steroid dienone is 2. The summed E-state index contributed by atoms with van der Waals surface area (Å²) >= 11 is 1.51. The van der Waals surface area contributed by atoms with Crippen molar-refractivity contribution >= 4 is 29.1 Å². The predicted molar refractivity (Wildman–Crippen MR) is 137 cm³/mol. The van der Waals surface area contributed by atoms with Crippen LogP contribution in [0.5, 0.6) is 0 Å². The van der Waals surface area contributed by atoms with Gasteiger partial charge in [-0.15, -0.1) is 11.8 Å². The van der Waals surface area contributed by atoms with Crippen LogP contribution in [0.4, 0.5) is 5.69 Å². The lowest BCUT2D eigenvalue weighted by Crippen LogP contribution is -2.29. The molecule has 3 aromatic rings. The van der Waals surface area contributed by atoms with Gasteiger partial charge in [-0.25, -0.2) is 5.43 Å². The van der Waals surface area contributed by atoms with Crippen LogP contribution in [-0.2, 0) is 4.79 Å². The highest BCUT2D eigenvalue weighted by molar-refractivity contribution is 8.00. The topological polar surface area (TPSA) is 53.5 Å². The van der Waals surface area contributed by atoms with Gasteiger partial charge in [0.25, 0.3) is 0 Å². The summed E-state index contributed by atoms with van der Waals surface area (Å²) in [5.41, 5.74) is 8.36. The second-order valence-corrected chi connectivity index (χ2v) is 9.57. The number of carbonyl (C=O) groups is 1. The number of rotatable bonds is 6. The predicted octanol–water partition coefficient (Wildman–Crippen LogP) is 6.15. The van der Waals surface area contributed by atoms with E-state index < -0.39 is 0 Å². The molecule has 1 aliphatic heterocycles. The Morgan fingerprint density at radius 3 is 2.61 bits per heavy atom. The number of benzene rings is 3. The van der Waals surface area contributed by atoms with Crippen LogP contribution in [0.1, 0.15) is 42.0 Å². The average Bonchev–Trinajstić information content (AvgIpc) is 3.37. The average molecular weight is 454 g/mol. The molecule has 5 rings (SSSR count). The highest BCUT2D eigenvalue weighted by atomic mass is 32.2. The first-order valence-electron chi connectivity index (χ1n) is 11.3. The molecule has 5 heteroatoms. The minimum absolute atomic E-state index is 0.104. The van der Waals surface area contributed by atoms with Gasteiger partial charge in [-0.2, -0.15) is 5.10 Å². The molecule has 1 heterocycles. The molecule has 0 bridgehead atoms. The van der Waals surface area contributed by atoms with Crippen molar-refractivity contribution < 1.29 is 4.79 Å². The second kappa shape index (κ2) is 9.67. The third-order valence-electron chi connectivity index (χ3n) is 6.40. The van der Waals surface area contributed by atoms with E-state index in [2.05, 4.69) is 76.5 Å². The van der Waals surface area contributed by atoms with E-state index in [4.69, 9.17) is 0 Å². The number of hydrogen-bond acceptors (Lipinski definition) is 4. The Bertz CT molecular complexity index is 1190. The Hall–Kier alpha value is -3.31. The van der Waals surface area contributed by atoms with Crippen molar-refractivity contribution in [3.8, 4) is 0 Å². The van der Waals surface area contributed by atoms with Gasteiger partial charge >= 0.3 is 0 Å². The number of amides is 1. The fourth-order valence-electron chi connectivity index (χ4n) is 4.72. The van der Waals surface area contributed by atoms with Crippen molar-refractivity contribution in [2.45, 2.75) is 30.2 Å². The van der Waals surface area contributed by atoms with Gasteiger partial charge < -0.3 is 5.32 Å². The summed E-state index contributed by atoms with van der Waals surface area (Å²) in [7, 11) is 0. The van der Waals surface area contributed by atoms with Gasteiger partial charge in [-0.1, -0.05) is 66.7 Å². The fourth-order valence-corrected chi connectivity index (χ4v) is 5.43. The zero-order valence-electron chi connectivity index (χ0n) is 18.6. The summed E-state index contributed by atoms with van der Waals surface area (Å²) < 4.78 is 0. The van der Waals surface area contributed by atoms with Crippen molar-refractivity contribution in [1.29, 1.82) is 0 Å². The summed E-state index contributed by atoms with van der Waals surface area (Å²) in [6.07, 6.45) is 5.72. The Morgan fingerprint density at radius 2 is 1.82 bits per heavy atom. The lowest BCUT2D eigenvalue weighted by molar-refractivity contribution is -0.118. The summed E-state index contributed by atoms with van der Waals surface area (Å²) in [6, 6.07) is 27.4. The number of carbonyl (C=O) groups excluding carboxylic acids is 1. The van der Waals surface area contributed by atoms with Crippen LogP contribution in [0.25, 0.3) is 0 Å². The third kappa shape index (κ3) is 4.74. The summed E-state index contributed by atoms with van der Waals surface area (Å²) in [5, 5.41) is 8.15. The normalized spacial score (nSPS) is 21.1. The maximum absolute atomic E-state index is 12.2. The van der Waals surface area contributed by atoms with Crippen LogP contribution in [0.15, 0.2) is 101 Å². The minimum Gasteiger partial charge on any atom is -0.378 e. The molecule has 166 valence electrons. The first kappa shape index (κ1) is 21.5. The molecule has 0 unspecified atom stereocenters. The van der Waals surface area contributed by atoms with Crippen LogP contribution in [-0.4, -0.2) is 17.4 Å². The third-order valence-corrected chi connectivity index (χ3v) is 7.41. The first-order valence-corrected chi connectivity index (χ1v) is 12.3. The molecule has 1 amide bonds. The zero-order valence-corrected chi connectivity index (χ0v) is 19.4. The standard InChI is InChI=1S/C28H27N3OS/c1-19(30-31-27(32)18-33-22-11-6-3-7-12-22)21-15-16-26-25(17-21)23-13-8-14-24(23)28(29-26)20-9-4-2-5-10-20/h2-13,15-17,23-24,28-29H,14,18H2,1H3,(H,31,32)/b30-19-/t23-,24+,28+/m1/s1. The van der Waals surface area contributed by atoms with Gasteiger partial charge in [-0.3, -0.25) is 4.79 Å². The molecular formula is C28H27N3OS. The largest absolute Gasteiger partial charge is 0.378 e. The van der Waals surface area contributed by atoms with Crippen molar-refractivity contribution in [2.24, 2.45) is 11.0 Å². The van der Waals surface area contributed by atoms with Gasteiger partial charge in [0.05, 0.1) is 17.5 Å². The van der Waals surface area contributed by atoms with Gasteiger partial charge in [0.15, 0.2) is 0 Å². The molecule has 4 nitrogen and oxygen atoms in total. The van der Waals surface area contributed by atoms with E-state index in [1.165, 1.54) is 28.6 Å². The van der Waals surface area contributed by atoms with Crippen molar-refractivity contribution in [3.63, 3.8) is 0 Å². The molecule has 33 heavy (non-hydrogen) atoms. The lowest BCUT2D eigenvalue weighted by Gasteiger charge is -2.37. The molecule has 3 atom stereocenters. The number of thioether (sulfide) groups is 1. The SMILES string of the molecule is C/C(=N/NC(=O)CSc1ccccc1)c1ccc2c(c1)[C@@H]1C=CC[C@@H]1[C@H](c1ccccc1)N2. The number of hydrazone groups is 1. The Balaban J connectivity index is 1.29. The Labute approximate surface area is 199 Å². The molecule has 0 aromatic heterocycles. The summed E-state index contributed by atoms with van der Waals surface area (Å²) in [5.74, 6) is 1.12. The number of anilines is 1. The highest BCUT2D eigenvalue weighted by Crippen LogP contribution is 2.49. The Morgan fingerprint density at radius 1 is 1.06 bits per heavy atom. The number of hydrogen-bond donors (Lipinski definition) is 2. The van der Waals surface area contributed by atoms with E-state index in [-0.39, 0.29) is 5.91 Å². The maximum Gasteiger partial charge on any atom is 0.250 e. The molecule has 3 aromatic carbocycles. The molecule has 1 aliphatic carbocycles. The molecule has 0 radical (unpaired) electrons. The first-order chi connectivity index (χ1) is 16.2. The zero-order chi connectivity index (χ0) is 22.6. The highest BCUT2D eigenvalue weighted by Gasteiger charge is 2.37. The summed E-state index contributed by atoms with van der Waals surface area (Å²) in [6.45, 7) is 1.94. The van der Waals surface area contributed by atoms with Gasteiger partial charge in [-0.05, 0) is 60.2 Å². The lowest BCUT2D eigenvalue weighted by atomic mass is 9.76. The smallest absolute Gasteiger partial charge is 0.250 e. The molecule has 2 aliphatic rings. The minimum atomic E-state index is -0.104.